The normalized spacial score (nSPS) is 12.8. The summed E-state index contributed by atoms with van der Waals surface area (Å²) in [5.74, 6) is -0.547. The van der Waals surface area contributed by atoms with Crippen molar-refractivity contribution in [3.8, 4) is 17.5 Å². The summed E-state index contributed by atoms with van der Waals surface area (Å²) in [5, 5.41) is 28.9. The predicted molar refractivity (Wildman–Crippen MR) is 93.0 cm³/mol. The van der Waals surface area contributed by atoms with Crippen LogP contribution < -0.4 is 5.32 Å². The maximum absolute atomic E-state index is 12.3. The third kappa shape index (κ3) is 3.57. The minimum atomic E-state index is -1.77. The van der Waals surface area contributed by atoms with Gasteiger partial charge in [-0.25, -0.2) is 0 Å². The summed E-state index contributed by atoms with van der Waals surface area (Å²) >= 11 is 6.32. The van der Waals surface area contributed by atoms with Crippen LogP contribution >= 0.6 is 11.6 Å². The highest BCUT2D eigenvalue weighted by Crippen LogP contribution is 2.28. The van der Waals surface area contributed by atoms with E-state index in [1.165, 1.54) is 0 Å². The monoisotopic (exact) mass is 368 g/mol. The van der Waals surface area contributed by atoms with Crippen molar-refractivity contribution >= 4 is 17.5 Å². The van der Waals surface area contributed by atoms with Gasteiger partial charge in [-0.1, -0.05) is 35.9 Å². The number of carbonyl (C=O) groups is 1. The topological polar surface area (TPSA) is 112 Å². The van der Waals surface area contributed by atoms with Gasteiger partial charge in [-0.15, -0.1) is 10.2 Å². The van der Waals surface area contributed by atoms with Gasteiger partial charge in [0.1, 0.15) is 0 Å². The largest absolute Gasteiger partial charge is 0.417 e. The number of halogens is 1. The van der Waals surface area contributed by atoms with Crippen LogP contribution in [0.3, 0.4) is 0 Å². The van der Waals surface area contributed by atoms with E-state index in [-0.39, 0.29) is 11.8 Å². The molecule has 0 aliphatic heterocycles. The number of benzene rings is 2. The number of alkyl halides is 1. The molecule has 8 heteroatoms. The summed E-state index contributed by atoms with van der Waals surface area (Å²) < 4.78 is 5.52. The molecular weight excluding hydrogens is 356 g/mol. The van der Waals surface area contributed by atoms with Crippen molar-refractivity contribution in [1.82, 2.24) is 15.5 Å². The van der Waals surface area contributed by atoms with E-state index in [0.717, 1.165) is 0 Å². The van der Waals surface area contributed by atoms with Crippen LogP contribution in [0.1, 0.15) is 21.8 Å². The molecule has 0 aliphatic rings. The number of aromatic nitrogens is 2. The third-order valence-electron chi connectivity index (χ3n) is 3.57. The molecule has 1 amide bonds. The fourth-order valence-corrected chi connectivity index (χ4v) is 2.39. The predicted octanol–water partition coefficient (Wildman–Crippen LogP) is 2.42. The Labute approximate surface area is 153 Å². The molecule has 3 aromatic rings. The smallest absolute Gasteiger partial charge is 0.260 e. The summed E-state index contributed by atoms with van der Waals surface area (Å²) in [4.78, 5) is 10.5. The molecule has 130 valence electrons. The molecule has 0 fully saturated rings. The third-order valence-corrected chi connectivity index (χ3v) is 3.94. The number of nitrogens with zero attached hydrogens (tertiary/aromatic N) is 3. The lowest BCUT2D eigenvalue weighted by Crippen LogP contribution is -2.44. The second kappa shape index (κ2) is 7.35. The second-order valence-corrected chi connectivity index (χ2v) is 6.03. The zero-order valence-corrected chi connectivity index (χ0v) is 14.1. The molecule has 1 atom stereocenters. The van der Waals surface area contributed by atoms with Gasteiger partial charge in [0.2, 0.25) is 10.9 Å². The van der Waals surface area contributed by atoms with Crippen molar-refractivity contribution in [1.29, 1.82) is 5.26 Å². The molecule has 0 bridgehead atoms. The molecule has 0 unspecified atom stereocenters. The highest BCUT2D eigenvalue weighted by molar-refractivity contribution is 6.24. The lowest BCUT2D eigenvalue weighted by molar-refractivity contribution is 0.0879. The highest BCUT2D eigenvalue weighted by atomic mass is 35.5. The number of nitrogens with one attached hydrogen (secondary N) is 1. The second-order valence-electron chi connectivity index (χ2n) is 5.38. The van der Waals surface area contributed by atoms with E-state index in [0.29, 0.717) is 16.7 Å². The standard InChI is InChI=1S/C18H13ClN4O3/c19-18(11-24,21-15(25)13-6-2-1-3-7-13)17-23-22-16(26-17)14-8-4-5-12(9-14)10-20/h1-9,24H,11H2,(H,21,25)/t18-/m1/s1. The Hall–Kier alpha value is -3.21. The van der Waals surface area contributed by atoms with Crippen LogP contribution in [0.15, 0.2) is 59.0 Å². The number of rotatable bonds is 5. The maximum Gasteiger partial charge on any atom is 0.260 e. The van der Waals surface area contributed by atoms with Crippen molar-refractivity contribution < 1.29 is 14.3 Å². The van der Waals surface area contributed by atoms with Crippen LogP contribution in [0.5, 0.6) is 0 Å². The molecule has 1 heterocycles. The summed E-state index contributed by atoms with van der Waals surface area (Å²) in [6.45, 7) is -0.660. The van der Waals surface area contributed by atoms with Gasteiger partial charge in [0, 0.05) is 11.1 Å². The zero-order valence-electron chi connectivity index (χ0n) is 13.4. The minimum Gasteiger partial charge on any atom is -0.417 e. The number of aliphatic hydroxyl groups excluding tert-OH is 1. The fraction of sp³-hybridized carbons (Fsp3) is 0.111. The van der Waals surface area contributed by atoms with E-state index in [1.807, 2.05) is 6.07 Å². The van der Waals surface area contributed by atoms with E-state index in [9.17, 15) is 9.90 Å². The molecule has 1 aromatic heterocycles. The van der Waals surface area contributed by atoms with Crippen LogP contribution in [0, 0.1) is 11.3 Å². The Morgan fingerprint density at radius 1 is 1.23 bits per heavy atom. The summed E-state index contributed by atoms with van der Waals surface area (Å²) in [5.41, 5.74) is 1.32. The van der Waals surface area contributed by atoms with Crippen LogP contribution in [-0.4, -0.2) is 27.8 Å². The molecule has 0 spiro atoms. The van der Waals surface area contributed by atoms with Gasteiger partial charge in [0.05, 0.1) is 18.2 Å². The van der Waals surface area contributed by atoms with Crippen molar-refractivity contribution in [3.63, 3.8) is 0 Å². The molecule has 2 aromatic carbocycles. The van der Waals surface area contributed by atoms with Gasteiger partial charge in [-0.2, -0.15) is 5.26 Å². The number of hydrogen-bond donors (Lipinski definition) is 2. The van der Waals surface area contributed by atoms with Gasteiger partial charge >= 0.3 is 0 Å². The van der Waals surface area contributed by atoms with Gasteiger partial charge in [-0.3, -0.25) is 4.79 Å². The number of aliphatic hydroxyl groups is 1. The molecular formula is C18H13ClN4O3. The molecule has 0 aliphatic carbocycles. The SMILES string of the molecule is N#Cc1cccc(-c2nnc([C@@](Cl)(CO)NC(=O)c3ccccc3)o2)c1. The summed E-state index contributed by atoms with van der Waals surface area (Å²) in [6.07, 6.45) is 0. The molecule has 7 nitrogen and oxygen atoms in total. The van der Waals surface area contributed by atoms with Gasteiger partial charge in [0.15, 0.2) is 0 Å². The van der Waals surface area contributed by atoms with Crippen molar-refractivity contribution in [2.24, 2.45) is 0 Å². The van der Waals surface area contributed by atoms with E-state index < -0.39 is 17.5 Å². The number of carbonyl (C=O) groups excluding carboxylic acids is 1. The van der Waals surface area contributed by atoms with Crippen molar-refractivity contribution in [2.75, 3.05) is 6.61 Å². The number of amides is 1. The van der Waals surface area contributed by atoms with E-state index in [2.05, 4.69) is 15.5 Å². The lowest BCUT2D eigenvalue weighted by Gasteiger charge is -2.22. The maximum atomic E-state index is 12.3. The first-order valence-electron chi connectivity index (χ1n) is 7.57. The Bertz CT molecular complexity index is 968. The van der Waals surface area contributed by atoms with Crippen LogP contribution in [0.2, 0.25) is 0 Å². The minimum absolute atomic E-state index is 0.115. The summed E-state index contributed by atoms with van der Waals surface area (Å²) in [6, 6.07) is 17.0. The Morgan fingerprint density at radius 3 is 2.69 bits per heavy atom. The molecule has 3 rings (SSSR count). The van der Waals surface area contributed by atoms with Crippen LogP contribution in [-0.2, 0) is 5.00 Å². The fourth-order valence-electron chi connectivity index (χ4n) is 2.22. The Balaban J connectivity index is 1.87. The van der Waals surface area contributed by atoms with Crippen molar-refractivity contribution in [2.45, 2.75) is 5.00 Å². The van der Waals surface area contributed by atoms with E-state index in [1.54, 1.807) is 54.6 Å². The molecule has 2 N–H and O–H groups in total. The van der Waals surface area contributed by atoms with Gasteiger partial charge < -0.3 is 14.8 Å². The van der Waals surface area contributed by atoms with E-state index >= 15 is 0 Å². The molecule has 0 saturated heterocycles. The average Bonchev–Trinajstić information content (AvgIpc) is 3.19. The number of nitriles is 1. The first kappa shape index (κ1) is 17.6. The first-order chi connectivity index (χ1) is 12.6. The number of hydrogen-bond acceptors (Lipinski definition) is 6. The lowest BCUT2D eigenvalue weighted by atomic mass is 10.1. The van der Waals surface area contributed by atoms with Crippen LogP contribution in [0.4, 0.5) is 0 Å². The quantitative estimate of drug-likeness (QED) is 0.528. The van der Waals surface area contributed by atoms with E-state index in [4.69, 9.17) is 21.3 Å². The van der Waals surface area contributed by atoms with Gasteiger partial charge in [0.25, 0.3) is 11.8 Å². The average molecular weight is 369 g/mol. The Kier molecular flexibility index (Phi) is 4.98. The zero-order chi connectivity index (χ0) is 18.6. The molecule has 0 saturated carbocycles. The van der Waals surface area contributed by atoms with Crippen LogP contribution in [0.25, 0.3) is 11.5 Å². The Morgan fingerprint density at radius 2 is 2.00 bits per heavy atom. The first-order valence-corrected chi connectivity index (χ1v) is 7.95. The summed E-state index contributed by atoms with van der Waals surface area (Å²) in [7, 11) is 0. The molecule has 0 radical (unpaired) electrons. The molecule has 26 heavy (non-hydrogen) atoms. The highest BCUT2D eigenvalue weighted by Gasteiger charge is 2.37. The van der Waals surface area contributed by atoms with Gasteiger partial charge in [-0.05, 0) is 30.3 Å². The van der Waals surface area contributed by atoms with Crippen molar-refractivity contribution in [3.05, 3.63) is 71.6 Å².